The number of amides is 1. The Morgan fingerprint density at radius 1 is 1.53 bits per heavy atom. The summed E-state index contributed by atoms with van der Waals surface area (Å²) >= 11 is 1.49. The number of aliphatic imine (C=N–C) groups is 1. The van der Waals surface area contributed by atoms with E-state index < -0.39 is 0 Å². The largest absolute Gasteiger partial charge is 0.271 e. The van der Waals surface area contributed by atoms with E-state index in [4.69, 9.17) is 0 Å². The molecule has 1 amide bonds. The maximum atomic E-state index is 11.8. The zero-order valence-electron chi connectivity index (χ0n) is 9.44. The highest BCUT2D eigenvalue weighted by Gasteiger charge is 2.38. The summed E-state index contributed by atoms with van der Waals surface area (Å²) in [5.74, 6) is 0.0378. The minimum atomic E-state index is -0.158. The third-order valence-corrected chi connectivity index (χ3v) is 3.41. The van der Waals surface area contributed by atoms with Gasteiger partial charge in [-0.25, -0.2) is 0 Å². The zero-order valence-corrected chi connectivity index (χ0v) is 10.3. The van der Waals surface area contributed by atoms with Crippen molar-refractivity contribution in [3.63, 3.8) is 0 Å². The van der Waals surface area contributed by atoms with Gasteiger partial charge in [0, 0.05) is 12.1 Å². The molecule has 0 bridgehead atoms. The van der Waals surface area contributed by atoms with Crippen LogP contribution in [0, 0.1) is 0 Å². The lowest BCUT2D eigenvalue weighted by Crippen LogP contribution is -2.26. The summed E-state index contributed by atoms with van der Waals surface area (Å²) in [7, 11) is 0. The van der Waals surface area contributed by atoms with E-state index in [0.29, 0.717) is 0 Å². The first-order valence-electron chi connectivity index (χ1n) is 5.04. The number of hydrogen-bond donors (Lipinski definition) is 0. The summed E-state index contributed by atoms with van der Waals surface area (Å²) in [5, 5.41) is 6.46. The molecule has 0 aromatic heterocycles. The third-order valence-electron chi connectivity index (χ3n) is 2.38. The van der Waals surface area contributed by atoms with Gasteiger partial charge in [-0.2, -0.15) is 10.1 Å². The van der Waals surface area contributed by atoms with Crippen molar-refractivity contribution in [2.24, 2.45) is 10.1 Å². The first kappa shape index (κ1) is 10.7. The molecule has 2 heterocycles. The average Bonchev–Trinajstić information content (AvgIpc) is 2.29. The Kier molecular flexibility index (Phi) is 2.37. The van der Waals surface area contributed by atoms with Gasteiger partial charge in [-0.05, 0) is 27.7 Å². The van der Waals surface area contributed by atoms with Gasteiger partial charge in [0.05, 0.1) is 10.8 Å². The smallest absolute Gasteiger partial charge is 0.262 e. The molecule has 82 valence electrons. The van der Waals surface area contributed by atoms with Crippen LogP contribution in [0.25, 0.3) is 0 Å². The van der Waals surface area contributed by atoms with Crippen molar-refractivity contribution < 1.29 is 4.79 Å². The van der Waals surface area contributed by atoms with Gasteiger partial charge in [-0.15, -0.1) is 0 Å². The maximum Gasteiger partial charge on any atom is 0.262 e. The van der Waals surface area contributed by atoms with Crippen molar-refractivity contribution in [1.82, 2.24) is 5.01 Å². The van der Waals surface area contributed by atoms with E-state index in [1.165, 1.54) is 16.8 Å². The Hall–Kier alpha value is -0.840. The SMILES string of the molecule is CC1=NN2C(=O)[C@@H](C)SC2=NC(C)(C)C1. The lowest BCUT2D eigenvalue weighted by molar-refractivity contribution is -0.125. The molecule has 0 unspecified atom stereocenters. The van der Waals surface area contributed by atoms with Crippen LogP contribution < -0.4 is 0 Å². The molecule has 1 saturated heterocycles. The Labute approximate surface area is 93.8 Å². The molecular weight excluding hydrogens is 210 g/mol. The van der Waals surface area contributed by atoms with Crippen LogP contribution in [0.1, 0.15) is 34.1 Å². The minimum absolute atomic E-state index is 0.0378. The third kappa shape index (κ3) is 1.93. The highest BCUT2D eigenvalue weighted by molar-refractivity contribution is 8.15. The van der Waals surface area contributed by atoms with Crippen molar-refractivity contribution in [3.8, 4) is 0 Å². The van der Waals surface area contributed by atoms with Gasteiger partial charge in [0.2, 0.25) is 0 Å². The number of carbonyl (C=O) groups excluding carboxylic acids is 1. The number of nitrogens with zero attached hydrogens (tertiary/aromatic N) is 3. The fraction of sp³-hybridized carbons (Fsp3) is 0.700. The normalized spacial score (nSPS) is 29.5. The van der Waals surface area contributed by atoms with Gasteiger partial charge in [-0.1, -0.05) is 11.8 Å². The van der Waals surface area contributed by atoms with E-state index in [-0.39, 0.29) is 16.7 Å². The molecule has 2 aliphatic heterocycles. The van der Waals surface area contributed by atoms with E-state index >= 15 is 0 Å². The summed E-state index contributed by atoms with van der Waals surface area (Å²) in [6, 6.07) is 0. The van der Waals surface area contributed by atoms with Gasteiger partial charge < -0.3 is 0 Å². The first-order valence-corrected chi connectivity index (χ1v) is 5.91. The predicted octanol–water partition coefficient (Wildman–Crippen LogP) is 1.86. The Bertz CT molecular complexity index is 373. The van der Waals surface area contributed by atoms with Crippen LogP contribution in [-0.4, -0.2) is 32.6 Å². The van der Waals surface area contributed by atoms with E-state index in [1.54, 1.807) is 0 Å². The Balaban J connectivity index is 2.43. The van der Waals surface area contributed by atoms with Crippen LogP contribution in [0.4, 0.5) is 0 Å². The monoisotopic (exact) mass is 225 g/mol. The van der Waals surface area contributed by atoms with Crippen LogP contribution in [-0.2, 0) is 4.79 Å². The summed E-state index contributed by atoms with van der Waals surface area (Å²) in [6.45, 7) is 7.97. The van der Waals surface area contributed by atoms with Gasteiger partial charge >= 0.3 is 0 Å². The number of thioether (sulfide) groups is 1. The summed E-state index contributed by atoms with van der Waals surface area (Å²) < 4.78 is 0. The molecule has 1 fully saturated rings. The van der Waals surface area contributed by atoms with E-state index in [2.05, 4.69) is 23.9 Å². The highest BCUT2D eigenvalue weighted by Crippen LogP contribution is 2.32. The fourth-order valence-electron chi connectivity index (χ4n) is 1.82. The zero-order chi connectivity index (χ0) is 11.2. The number of hydrogen-bond acceptors (Lipinski definition) is 4. The molecule has 2 aliphatic rings. The van der Waals surface area contributed by atoms with Crippen LogP contribution in [0.3, 0.4) is 0 Å². The molecule has 0 N–H and O–H groups in total. The molecule has 2 rings (SSSR count). The molecule has 0 aliphatic carbocycles. The number of carbonyl (C=O) groups is 1. The van der Waals surface area contributed by atoms with Crippen LogP contribution in [0.2, 0.25) is 0 Å². The highest BCUT2D eigenvalue weighted by atomic mass is 32.2. The average molecular weight is 225 g/mol. The van der Waals surface area contributed by atoms with E-state index in [0.717, 1.165) is 17.3 Å². The molecule has 0 aromatic rings. The van der Waals surface area contributed by atoms with Crippen LogP contribution in [0.15, 0.2) is 10.1 Å². The number of fused-ring (bicyclic) bond motifs is 1. The topological polar surface area (TPSA) is 45.0 Å². The Morgan fingerprint density at radius 3 is 2.87 bits per heavy atom. The molecule has 4 nitrogen and oxygen atoms in total. The van der Waals surface area contributed by atoms with Gasteiger partial charge in [-0.3, -0.25) is 9.79 Å². The van der Waals surface area contributed by atoms with E-state index in [1.807, 2.05) is 13.8 Å². The van der Waals surface area contributed by atoms with Gasteiger partial charge in [0.1, 0.15) is 0 Å². The molecule has 0 aromatic carbocycles. The number of amidine groups is 1. The molecule has 0 spiro atoms. The molecular formula is C10H15N3OS. The summed E-state index contributed by atoms with van der Waals surface area (Å²) in [4.78, 5) is 16.4. The first-order chi connectivity index (χ1) is 6.89. The molecule has 0 saturated carbocycles. The van der Waals surface area contributed by atoms with Crippen LogP contribution >= 0.6 is 11.8 Å². The second-order valence-electron chi connectivity index (χ2n) is 4.63. The number of rotatable bonds is 0. The second kappa shape index (κ2) is 3.33. The van der Waals surface area contributed by atoms with Crippen molar-refractivity contribution in [2.75, 3.05) is 0 Å². The minimum Gasteiger partial charge on any atom is -0.271 e. The molecule has 5 heteroatoms. The molecule has 15 heavy (non-hydrogen) atoms. The van der Waals surface area contributed by atoms with Crippen molar-refractivity contribution in [2.45, 2.75) is 44.9 Å². The van der Waals surface area contributed by atoms with Crippen molar-refractivity contribution in [1.29, 1.82) is 0 Å². The van der Waals surface area contributed by atoms with Gasteiger partial charge in [0.15, 0.2) is 5.17 Å². The lowest BCUT2D eigenvalue weighted by atomic mass is 9.99. The van der Waals surface area contributed by atoms with Crippen molar-refractivity contribution >= 4 is 28.5 Å². The summed E-state index contributed by atoms with van der Waals surface area (Å²) in [6.07, 6.45) is 0.801. The second-order valence-corrected chi connectivity index (χ2v) is 5.94. The quantitative estimate of drug-likeness (QED) is 0.631. The van der Waals surface area contributed by atoms with E-state index in [9.17, 15) is 4.79 Å². The van der Waals surface area contributed by atoms with Gasteiger partial charge in [0.25, 0.3) is 5.91 Å². The Morgan fingerprint density at radius 2 is 2.20 bits per heavy atom. The molecule has 1 atom stereocenters. The van der Waals surface area contributed by atoms with Crippen molar-refractivity contribution in [3.05, 3.63) is 0 Å². The lowest BCUT2D eigenvalue weighted by Gasteiger charge is -2.17. The number of hydrazone groups is 1. The standard InChI is InChI=1S/C10H15N3OS/c1-6-5-10(3,4)11-9-13(12-6)8(14)7(2)15-9/h7H,5H2,1-4H3/t7-/m1/s1. The molecule has 0 radical (unpaired) electrons. The predicted molar refractivity (Wildman–Crippen MR) is 63.1 cm³/mol. The maximum absolute atomic E-state index is 11.8. The fourth-order valence-corrected chi connectivity index (χ4v) is 2.87. The summed E-state index contributed by atoms with van der Waals surface area (Å²) in [5.41, 5.74) is 0.802. The van der Waals surface area contributed by atoms with Crippen LogP contribution in [0.5, 0.6) is 0 Å².